The van der Waals surface area contributed by atoms with Crippen molar-refractivity contribution in [3.8, 4) is 11.3 Å². The Balaban J connectivity index is 1.72. The van der Waals surface area contributed by atoms with Gasteiger partial charge in [0, 0.05) is 45.2 Å². The normalized spacial score (nSPS) is 20.3. The number of nitrogens with one attached hydrogen (secondary N) is 2. The lowest BCUT2D eigenvalue weighted by Crippen LogP contribution is -2.47. The van der Waals surface area contributed by atoms with Crippen LogP contribution in [-0.2, 0) is 15.1 Å². The molecule has 2 heterocycles. The molecule has 1 amide bonds. The summed E-state index contributed by atoms with van der Waals surface area (Å²) in [6.07, 6.45) is 1.88. The van der Waals surface area contributed by atoms with Crippen molar-refractivity contribution in [3.05, 3.63) is 75.4 Å². The third kappa shape index (κ3) is 5.98. The van der Waals surface area contributed by atoms with Gasteiger partial charge in [0.05, 0.1) is 10.4 Å². The van der Waals surface area contributed by atoms with Crippen LogP contribution in [0.5, 0.6) is 0 Å². The van der Waals surface area contributed by atoms with Crippen molar-refractivity contribution in [1.29, 1.82) is 0 Å². The fourth-order valence-corrected chi connectivity index (χ4v) is 5.78. The van der Waals surface area contributed by atoms with Crippen molar-refractivity contribution in [1.82, 2.24) is 15.8 Å². The summed E-state index contributed by atoms with van der Waals surface area (Å²) in [7, 11) is 1.66. The number of hydrogen-bond acceptors (Lipinski definition) is 6. The van der Waals surface area contributed by atoms with E-state index in [0.29, 0.717) is 42.2 Å². The summed E-state index contributed by atoms with van der Waals surface area (Å²) in [5, 5.41) is 22.3. The molecule has 4 rings (SSSR count). The largest absolute Gasteiger partial charge is 0.385 e. The fraction of sp³-hybridized carbons (Fsp3) is 0.429. The molecule has 38 heavy (non-hydrogen) atoms. The molecule has 0 unspecified atom stereocenters. The van der Waals surface area contributed by atoms with E-state index in [4.69, 9.17) is 9.26 Å². The van der Waals surface area contributed by atoms with Gasteiger partial charge in [-0.15, -0.1) is 0 Å². The van der Waals surface area contributed by atoms with Crippen molar-refractivity contribution in [2.24, 2.45) is 0 Å². The molecule has 0 aliphatic carbocycles. The van der Waals surface area contributed by atoms with Crippen molar-refractivity contribution in [2.45, 2.75) is 43.6 Å². The predicted octanol–water partition coefficient (Wildman–Crippen LogP) is 4.99. The van der Waals surface area contributed by atoms with E-state index >= 15 is 0 Å². The van der Waals surface area contributed by atoms with Gasteiger partial charge in [-0.05, 0) is 65.0 Å². The number of carbonyl (C=O) groups excluding carboxylic acids is 1. The molecule has 1 saturated heterocycles. The summed E-state index contributed by atoms with van der Waals surface area (Å²) in [5.41, 5.74) is 1.08. The Morgan fingerprint density at radius 3 is 2.84 bits per heavy atom. The van der Waals surface area contributed by atoms with Crippen LogP contribution in [0.25, 0.3) is 11.3 Å². The number of piperidine rings is 1. The number of methoxy groups -OCH3 is 1. The average molecular weight is 592 g/mol. The van der Waals surface area contributed by atoms with E-state index in [1.165, 1.54) is 13.0 Å². The fourth-order valence-electron chi connectivity index (χ4n) is 5.15. The molecule has 7 nitrogen and oxygen atoms in total. The number of amides is 1. The van der Waals surface area contributed by atoms with Gasteiger partial charge in [0.1, 0.15) is 11.3 Å². The van der Waals surface area contributed by atoms with Crippen LogP contribution in [0.4, 0.5) is 8.78 Å². The van der Waals surface area contributed by atoms with E-state index in [1.807, 2.05) is 24.3 Å². The minimum absolute atomic E-state index is 0.00108. The smallest absolute Gasteiger partial charge is 0.216 e. The van der Waals surface area contributed by atoms with Crippen LogP contribution < -0.4 is 10.6 Å². The minimum atomic E-state index is -1.48. The standard InChI is InChI=1S/C28H32BrF2N3O4/c1-17(35)33-15-18(6-5-13-37-2)20-7-3-4-8-21(20)27-25(29)26(34-38-27)22-16-32-12-11-28(22,36)19-9-10-23(30)24(31)14-19/h3-4,7-10,14,18,22,32,36H,5-6,11-13,15-16H2,1-2H3,(H,33,35)/t18-,22-,28+/m1/s1. The number of aliphatic hydroxyl groups is 1. The van der Waals surface area contributed by atoms with Gasteiger partial charge in [-0.1, -0.05) is 35.5 Å². The number of benzene rings is 2. The molecule has 1 fully saturated rings. The van der Waals surface area contributed by atoms with E-state index in [0.717, 1.165) is 36.1 Å². The van der Waals surface area contributed by atoms with Crippen LogP contribution in [0.2, 0.25) is 0 Å². The van der Waals surface area contributed by atoms with Crippen LogP contribution in [0, 0.1) is 11.6 Å². The van der Waals surface area contributed by atoms with Crippen LogP contribution in [0.15, 0.2) is 51.5 Å². The molecule has 0 radical (unpaired) electrons. The first-order valence-electron chi connectivity index (χ1n) is 12.6. The Morgan fingerprint density at radius 1 is 1.32 bits per heavy atom. The van der Waals surface area contributed by atoms with E-state index in [-0.39, 0.29) is 23.8 Å². The summed E-state index contributed by atoms with van der Waals surface area (Å²) in [5.74, 6) is -2.18. The average Bonchev–Trinajstić information content (AvgIpc) is 3.28. The van der Waals surface area contributed by atoms with Gasteiger partial charge in [-0.3, -0.25) is 4.79 Å². The molecule has 0 spiro atoms. The molecule has 1 aliphatic heterocycles. The summed E-state index contributed by atoms with van der Waals surface area (Å²) < 4.78 is 39.4. The SMILES string of the molecule is COCCC[C@H](CNC(C)=O)c1ccccc1-c1onc([C@H]2CNCC[C@]2(O)c2ccc(F)c(F)c2)c1Br. The molecule has 3 aromatic rings. The monoisotopic (exact) mass is 591 g/mol. The number of carbonyl (C=O) groups is 1. The highest BCUT2D eigenvalue weighted by molar-refractivity contribution is 9.10. The van der Waals surface area contributed by atoms with Gasteiger partial charge < -0.3 is 25.0 Å². The molecular formula is C28H32BrF2N3O4. The number of ether oxygens (including phenoxy) is 1. The Labute approximate surface area is 229 Å². The Hall–Kier alpha value is -2.66. The van der Waals surface area contributed by atoms with Crippen molar-refractivity contribution in [3.63, 3.8) is 0 Å². The van der Waals surface area contributed by atoms with Gasteiger partial charge in [-0.25, -0.2) is 8.78 Å². The topological polar surface area (TPSA) is 96.6 Å². The molecule has 10 heteroatoms. The maximum absolute atomic E-state index is 14.1. The summed E-state index contributed by atoms with van der Waals surface area (Å²) >= 11 is 3.66. The maximum Gasteiger partial charge on any atom is 0.216 e. The predicted molar refractivity (Wildman–Crippen MR) is 143 cm³/mol. The number of rotatable bonds is 10. The number of halogens is 3. The van der Waals surface area contributed by atoms with E-state index in [1.54, 1.807) is 7.11 Å². The molecule has 3 atom stereocenters. The summed E-state index contributed by atoms with van der Waals surface area (Å²) in [4.78, 5) is 11.7. The van der Waals surface area contributed by atoms with Crippen LogP contribution in [0.3, 0.4) is 0 Å². The lowest BCUT2D eigenvalue weighted by molar-refractivity contribution is -0.119. The van der Waals surface area contributed by atoms with Crippen LogP contribution >= 0.6 is 15.9 Å². The number of nitrogens with zero attached hydrogens (tertiary/aromatic N) is 1. The van der Waals surface area contributed by atoms with Gasteiger partial charge in [0.25, 0.3) is 0 Å². The van der Waals surface area contributed by atoms with Gasteiger partial charge >= 0.3 is 0 Å². The van der Waals surface area contributed by atoms with Gasteiger partial charge in [-0.2, -0.15) is 0 Å². The third-order valence-electron chi connectivity index (χ3n) is 7.16. The molecule has 204 valence electrons. The van der Waals surface area contributed by atoms with E-state index < -0.39 is 23.2 Å². The lowest BCUT2D eigenvalue weighted by Gasteiger charge is -2.40. The molecule has 3 N–H and O–H groups in total. The molecule has 0 bridgehead atoms. The molecular weight excluding hydrogens is 560 g/mol. The highest BCUT2D eigenvalue weighted by Crippen LogP contribution is 2.46. The second kappa shape index (κ2) is 12.5. The van der Waals surface area contributed by atoms with E-state index in [2.05, 4.69) is 31.7 Å². The first-order chi connectivity index (χ1) is 18.3. The van der Waals surface area contributed by atoms with Gasteiger partial charge in [0.2, 0.25) is 5.91 Å². The number of hydrogen-bond donors (Lipinski definition) is 3. The zero-order valence-electron chi connectivity index (χ0n) is 21.4. The van der Waals surface area contributed by atoms with E-state index in [9.17, 15) is 18.7 Å². The first kappa shape index (κ1) is 28.4. The Kier molecular flexibility index (Phi) is 9.30. The van der Waals surface area contributed by atoms with Gasteiger partial charge in [0.15, 0.2) is 17.4 Å². The van der Waals surface area contributed by atoms with Crippen molar-refractivity contribution >= 4 is 21.8 Å². The maximum atomic E-state index is 14.1. The van der Waals surface area contributed by atoms with Crippen molar-refractivity contribution in [2.75, 3.05) is 33.4 Å². The Morgan fingerprint density at radius 2 is 2.11 bits per heavy atom. The highest BCUT2D eigenvalue weighted by Gasteiger charge is 2.45. The third-order valence-corrected chi connectivity index (χ3v) is 7.93. The number of aromatic nitrogens is 1. The zero-order valence-corrected chi connectivity index (χ0v) is 23.0. The quantitative estimate of drug-likeness (QED) is 0.287. The van der Waals surface area contributed by atoms with Crippen LogP contribution in [-0.4, -0.2) is 49.5 Å². The first-order valence-corrected chi connectivity index (χ1v) is 13.4. The second-order valence-corrected chi connectivity index (χ2v) is 10.4. The minimum Gasteiger partial charge on any atom is -0.385 e. The summed E-state index contributed by atoms with van der Waals surface area (Å²) in [6, 6.07) is 11.3. The lowest BCUT2D eigenvalue weighted by atomic mass is 9.75. The second-order valence-electron chi connectivity index (χ2n) is 9.63. The molecule has 1 aliphatic rings. The van der Waals surface area contributed by atoms with Crippen molar-refractivity contribution < 1.29 is 27.9 Å². The zero-order chi connectivity index (χ0) is 27.3. The molecule has 1 aromatic heterocycles. The molecule has 2 aromatic carbocycles. The van der Waals surface area contributed by atoms with Crippen LogP contribution in [0.1, 0.15) is 54.8 Å². The summed E-state index contributed by atoms with van der Waals surface area (Å²) in [6.45, 7) is 3.42. The molecule has 0 saturated carbocycles. The highest BCUT2D eigenvalue weighted by atomic mass is 79.9. The Bertz CT molecular complexity index is 1270.